The van der Waals surface area contributed by atoms with E-state index in [2.05, 4.69) is 30.3 Å². The first kappa shape index (κ1) is 22.5. The van der Waals surface area contributed by atoms with Crippen molar-refractivity contribution in [1.82, 2.24) is 29.5 Å². The fraction of sp³-hybridized carbons (Fsp3) is 0.273. The van der Waals surface area contributed by atoms with Crippen LogP contribution in [0.2, 0.25) is 0 Å². The third-order valence-electron chi connectivity index (χ3n) is 5.50. The number of benzene rings is 1. The van der Waals surface area contributed by atoms with Crippen molar-refractivity contribution in [2.45, 2.75) is 46.2 Å². The maximum absolute atomic E-state index is 12.6. The summed E-state index contributed by atoms with van der Waals surface area (Å²) in [7, 11) is -3.77. The van der Waals surface area contributed by atoms with E-state index in [1.165, 1.54) is 6.20 Å². The molecule has 0 bridgehead atoms. The van der Waals surface area contributed by atoms with Gasteiger partial charge in [-0.1, -0.05) is 0 Å². The first-order valence-corrected chi connectivity index (χ1v) is 12.0. The smallest absolute Gasteiger partial charge is 0.280 e. The minimum absolute atomic E-state index is 0.00257. The third kappa shape index (κ3) is 4.58. The van der Waals surface area contributed by atoms with Crippen molar-refractivity contribution in [3.05, 3.63) is 65.4 Å². The van der Waals surface area contributed by atoms with Gasteiger partial charge in [-0.3, -0.25) is 4.72 Å². The monoisotopic (exact) mass is 466 g/mol. The molecule has 0 saturated carbocycles. The van der Waals surface area contributed by atoms with Gasteiger partial charge in [0.2, 0.25) is 0 Å². The molecule has 2 N–H and O–H groups in total. The summed E-state index contributed by atoms with van der Waals surface area (Å²) >= 11 is 0. The number of rotatable bonds is 7. The average Bonchev–Trinajstić information content (AvgIpc) is 3.30. The van der Waals surface area contributed by atoms with E-state index < -0.39 is 10.0 Å². The highest BCUT2D eigenvalue weighted by Crippen LogP contribution is 2.21. The standard InChI is InChI=1S/C22H26N8O2S/c1-6-29-13-22(23-17(29)5)33(31,32)28-19-9-7-18(8-10-19)24-20-11-12-21(26-25-20)30-16(4)14(2)15(3)27-30/h7-13,28H,6H2,1-5H3,(H,24,25). The lowest BCUT2D eigenvalue weighted by Crippen LogP contribution is -2.13. The van der Waals surface area contributed by atoms with Crippen LogP contribution in [0.15, 0.2) is 47.6 Å². The molecule has 33 heavy (non-hydrogen) atoms. The Bertz CT molecular complexity index is 1390. The molecular weight excluding hydrogens is 440 g/mol. The Labute approximate surface area is 192 Å². The van der Waals surface area contributed by atoms with Gasteiger partial charge in [0, 0.05) is 29.8 Å². The Hall–Kier alpha value is -3.73. The molecule has 0 aliphatic carbocycles. The maximum Gasteiger partial charge on any atom is 0.280 e. The molecule has 3 aromatic heterocycles. The lowest BCUT2D eigenvalue weighted by atomic mass is 10.2. The summed E-state index contributed by atoms with van der Waals surface area (Å²) < 4.78 is 31.4. The van der Waals surface area contributed by atoms with Crippen molar-refractivity contribution in [2.75, 3.05) is 10.0 Å². The summed E-state index contributed by atoms with van der Waals surface area (Å²) in [4.78, 5) is 4.14. The van der Waals surface area contributed by atoms with Gasteiger partial charge in [0.1, 0.15) is 5.82 Å². The largest absolute Gasteiger partial charge is 0.339 e. The molecule has 0 fully saturated rings. The number of sulfonamides is 1. The Balaban J connectivity index is 1.44. The molecule has 0 atom stereocenters. The van der Waals surface area contributed by atoms with Crippen LogP contribution >= 0.6 is 0 Å². The Morgan fingerprint density at radius 2 is 1.64 bits per heavy atom. The van der Waals surface area contributed by atoms with Gasteiger partial charge in [0.15, 0.2) is 16.7 Å². The minimum atomic E-state index is -3.77. The number of imidazole rings is 1. The predicted molar refractivity (Wildman–Crippen MR) is 127 cm³/mol. The van der Waals surface area contributed by atoms with Crippen LogP contribution in [0.5, 0.6) is 0 Å². The van der Waals surface area contributed by atoms with Crippen LogP contribution in [0.1, 0.15) is 29.7 Å². The molecule has 0 amide bonds. The molecular formula is C22H26N8O2S. The highest BCUT2D eigenvalue weighted by Gasteiger charge is 2.19. The Morgan fingerprint density at radius 3 is 2.18 bits per heavy atom. The van der Waals surface area contributed by atoms with Crippen molar-refractivity contribution >= 4 is 27.2 Å². The van der Waals surface area contributed by atoms with Crippen molar-refractivity contribution < 1.29 is 8.42 Å². The fourth-order valence-corrected chi connectivity index (χ4v) is 4.42. The van der Waals surface area contributed by atoms with E-state index in [4.69, 9.17) is 0 Å². The van der Waals surface area contributed by atoms with Crippen LogP contribution in [-0.2, 0) is 16.6 Å². The second-order valence-corrected chi connectivity index (χ2v) is 9.33. The highest BCUT2D eigenvalue weighted by molar-refractivity contribution is 7.92. The second kappa shape index (κ2) is 8.66. The van der Waals surface area contributed by atoms with Gasteiger partial charge in [-0.25, -0.2) is 9.67 Å². The zero-order valence-corrected chi connectivity index (χ0v) is 20.0. The van der Waals surface area contributed by atoms with Crippen LogP contribution in [0.4, 0.5) is 17.2 Å². The molecule has 0 radical (unpaired) electrons. The Morgan fingerprint density at radius 1 is 0.939 bits per heavy atom. The van der Waals surface area contributed by atoms with Gasteiger partial charge in [0.05, 0.1) is 5.69 Å². The number of hydrogen-bond acceptors (Lipinski definition) is 7. The van der Waals surface area contributed by atoms with E-state index in [-0.39, 0.29) is 5.03 Å². The van der Waals surface area contributed by atoms with E-state index >= 15 is 0 Å². The van der Waals surface area contributed by atoms with Gasteiger partial charge in [-0.05, 0) is 76.6 Å². The highest BCUT2D eigenvalue weighted by atomic mass is 32.2. The van der Waals surface area contributed by atoms with Gasteiger partial charge in [-0.15, -0.1) is 10.2 Å². The van der Waals surface area contributed by atoms with Crippen molar-refractivity contribution in [3.8, 4) is 5.82 Å². The summed E-state index contributed by atoms with van der Waals surface area (Å²) in [6.45, 7) is 10.3. The fourth-order valence-electron chi connectivity index (χ4n) is 3.35. The number of nitrogens with one attached hydrogen (secondary N) is 2. The van der Waals surface area contributed by atoms with Crippen LogP contribution in [-0.4, -0.2) is 37.9 Å². The third-order valence-corrected chi connectivity index (χ3v) is 6.75. The van der Waals surface area contributed by atoms with E-state index in [9.17, 15) is 8.42 Å². The SMILES string of the molecule is CCn1cc(S(=O)(=O)Nc2ccc(Nc3ccc(-n4nc(C)c(C)c4C)nn3)cc2)nc1C. The number of nitrogens with zero attached hydrogens (tertiary/aromatic N) is 6. The summed E-state index contributed by atoms with van der Waals surface area (Å²) in [6.07, 6.45) is 1.53. The predicted octanol–water partition coefficient (Wildman–Crippen LogP) is 3.66. The van der Waals surface area contributed by atoms with Crippen LogP contribution in [0, 0.1) is 27.7 Å². The van der Waals surface area contributed by atoms with Gasteiger partial charge >= 0.3 is 0 Å². The lowest BCUT2D eigenvalue weighted by molar-refractivity contribution is 0.598. The van der Waals surface area contributed by atoms with Crippen molar-refractivity contribution in [2.24, 2.45) is 0 Å². The normalized spacial score (nSPS) is 11.5. The summed E-state index contributed by atoms with van der Waals surface area (Å²) in [5.74, 6) is 1.85. The minimum Gasteiger partial charge on any atom is -0.339 e. The number of aromatic nitrogens is 6. The van der Waals surface area contributed by atoms with Gasteiger partial charge in [0.25, 0.3) is 10.0 Å². The number of hydrogen-bond donors (Lipinski definition) is 2. The van der Waals surface area contributed by atoms with E-state index in [1.807, 2.05) is 39.8 Å². The van der Waals surface area contributed by atoms with Gasteiger partial charge in [-0.2, -0.15) is 13.5 Å². The first-order chi connectivity index (χ1) is 15.7. The molecule has 0 aliphatic heterocycles. The molecule has 11 heteroatoms. The number of anilines is 3. The van der Waals surface area contributed by atoms with E-state index in [0.29, 0.717) is 29.7 Å². The molecule has 10 nitrogen and oxygen atoms in total. The lowest BCUT2D eigenvalue weighted by Gasteiger charge is -2.09. The topological polar surface area (TPSA) is 120 Å². The molecule has 3 heterocycles. The molecule has 0 unspecified atom stereocenters. The molecule has 4 rings (SSSR count). The molecule has 1 aromatic carbocycles. The first-order valence-electron chi connectivity index (χ1n) is 10.5. The molecule has 4 aromatic rings. The van der Waals surface area contributed by atoms with Crippen LogP contribution in [0.3, 0.4) is 0 Å². The summed E-state index contributed by atoms with van der Waals surface area (Å²) in [5.41, 5.74) is 4.29. The molecule has 0 spiro atoms. The zero-order chi connectivity index (χ0) is 23.8. The maximum atomic E-state index is 12.6. The van der Waals surface area contributed by atoms with E-state index in [1.54, 1.807) is 40.4 Å². The van der Waals surface area contributed by atoms with Crippen molar-refractivity contribution in [1.29, 1.82) is 0 Å². The second-order valence-electron chi connectivity index (χ2n) is 7.70. The quantitative estimate of drug-likeness (QED) is 0.426. The summed E-state index contributed by atoms with van der Waals surface area (Å²) in [5, 5.41) is 16.1. The van der Waals surface area contributed by atoms with Crippen LogP contribution < -0.4 is 10.0 Å². The van der Waals surface area contributed by atoms with Crippen molar-refractivity contribution in [3.63, 3.8) is 0 Å². The van der Waals surface area contributed by atoms with Crippen LogP contribution in [0.25, 0.3) is 5.82 Å². The number of aryl methyl sites for hydroxylation is 3. The molecule has 0 saturated heterocycles. The van der Waals surface area contributed by atoms with Gasteiger partial charge < -0.3 is 9.88 Å². The Kier molecular flexibility index (Phi) is 5.90. The summed E-state index contributed by atoms with van der Waals surface area (Å²) in [6, 6.07) is 10.5. The average molecular weight is 467 g/mol. The van der Waals surface area contributed by atoms with E-state index in [0.717, 1.165) is 22.6 Å². The zero-order valence-electron chi connectivity index (χ0n) is 19.2. The molecule has 172 valence electrons. The molecule has 0 aliphatic rings.